The fraction of sp³-hybridized carbons (Fsp3) is 0.0833. The van der Waals surface area contributed by atoms with Gasteiger partial charge in [0.05, 0.1) is 18.4 Å². The lowest BCUT2D eigenvalue weighted by molar-refractivity contribution is -0.120. The molecule has 0 atom stereocenters. The van der Waals surface area contributed by atoms with Crippen molar-refractivity contribution < 1.29 is 18.7 Å². The van der Waals surface area contributed by atoms with Gasteiger partial charge in [0.25, 0.3) is 11.8 Å². The summed E-state index contributed by atoms with van der Waals surface area (Å²) in [7, 11) is 1.48. The molecule has 156 valence electrons. The summed E-state index contributed by atoms with van der Waals surface area (Å²) in [4.78, 5) is 27.7. The van der Waals surface area contributed by atoms with Gasteiger partial charge in [0.15, 0.2) is 0 Å². The number of carbonyl (C=O) groups excluding carboxylic acids is 2. The van der Waals surface area contributed by atoms with Gasteiger partial charge in [-0.3, -0.25) is 9.59 Å². The number of carbonyl (C=O) groups is 2. The van der Waals surface area contributed by atoms with E-state index in [9.17, 15) is 14.0 Å². The average Bonchev–Trinajstić information content (AvgIpc) is 3.00. The molecule has 0 spiro atoms. The summed E-state index contributed by atoms with van der Waals surface area (Å²) < 4.78 is 19.9. The summed E-state index contributed by atoms with van der Waals surface area (Å²) >= 11 is 6.13. The molecule has 0 saturated carbocycles. The molecule has 0 fully saturated rings. The zero-order valence-corrected chi connectivity index (χ0v) is 17.5. The van der Waals surface area contributed by atoms with Crippen LogP contribution < -0.4 is 15.0 Å². The number of rotatable bonds is 5. The molecule has 2 amide bonds. The number of nitrogens with zero attached hydrogens (tertiary/aromatic N) is 1. The number of halogens is 2. The molecule has 3 aromatic carbocycles. The van der Waals surface area contributed by atoms with Crippen LogP contribution in [0.5, 0.6) is 5.75 Å². The Hall–Kier alpha value is -3.64. The van der Waals surface area contributed by atoms with E-state index in [2.05, 4.69) is 5.32 Å². The molecule has 0 saturated heterocycles. The summed E-state index contributed by atoms with van der Waals surface area (Å²) in [5.74, 6) is -1.59. The first-order valence-corrected chi connectivity index (χ1v) is 9.84. The molecule has 1 N–H and O–H groups in total. The van der Waals surface area contributed by atoms with Gasteiger partial charge in [0, 0.05) is 16.3 Å². The Kier molecular flexibility index (Phi) is 5.48. The summed E-state index contributed by atoms with van der Waals surface area (Å²) in [5, 5.41) is 3.52. The van der Waals surface area contributed by atoms with Gasteiger partial charge in [-0.1, -0.05) is 48.0 Å². The molecule has 0 radical (unpaired) electrons. The normalized spacial score (nSPS) is 13.7. The third-order valence-corrected chi connectivity index (χ3v) is 5.25. The second kappa shape index (κ2) is 8.24. The lowest BCUT2D eigenvalue weighted by Crippen LogP contribution is -2.33. The fourth-order valence-electron chi connectivity index (χ4n) is 3.46. The molecular weight excluding hydrogens is 419 g/mol. The van der Waals surface area contributed by atoms with Crippen molar-refractivity contribution in [2.75, 3.05) is 17.3 Å². The quantitative estimate of drug-likeness (QED) is 0.559. The maximum absolute atomic E-state index is 14.5. The van der Waals surface area contributed by atoms with Crippen LogP contribution in [0.15, 0.2) is 72.4 Å². The molecule has 1 aliphatic heterocycles. The number of amides is 2. The first kappa shape index (κ1) is 20.6. The molecule has 0 aliphatic carbocycles. The number of imide groups is 1. The van der Waals surface area contributed by atoms with Crippen LogP contribution >= 0.6 is 11.6 Å². The molecule has 3 aromatic rings. The van der Waals surface area contributed by atoms with E-state index in [-0.39, 0.29) is 17.0 Å². The summed E-state index contributed by atoms with van der Waals surface area (Å²) in [6.45, 7) is 1.85. The van der Waals surface area contributed by atoms with Crippen LogP contribution in [-0.4, -0.2) is 18.9 Å². The third-order valence-electron chi connectivity index (χ3n) is 5.01. The van der Waals surface area contributed by atoms with Crippen LogP contribution in [0, 0.1) is 12.7 Å². The van der Waals surface area contributed by atoms with Crippen LogP contribution in [0.4, 0.5) is 15.8 Å². The minimum absolute atomic E-state index is 0.0168. The van der Waals surface area contributed by atoms with E-state index in [1.807, 2.05) is 6.92 Å². The second-order valence-electron chi connectivity index (χ2n) is 6.93. The number of nitrogens with one attached hydrogen (secondary N) is 1. The number of hydrogen-bond donors (Lipinski definition) is 1. The molecule has 0 unspecified atom stereocenters. The van der Waals surface area contributed by atoms with Gasteiger partial charge in [-0.25, -0.2) is 9.29 Å². The van der Waals surface area contributed by atoms with Gasteiger partial charge >= 0.3 is 0 Å². The first-order valence-electron chi connectivity index (χ1n) is 9.46. The lowest BCUT2D eigenvalue weighted by Gasteiger charge is -2.16. The van der Waals surface area contributed by atoms with Crippen molar-refractivity contribution in [3.05, 3.63) is 94.4 Å². The van der Waals surface area contributed by atoms with Crippen LogP contribution in [0.2, 0.25) is 5.02 Å². The van der Waals surface area contributed by atoms with Crippen molar-refractivity contribution in [3.8, 4) is 5.75 Å². The standard InChI is InChI=1S/C24H18ClFN2O3/c1-14-11-12-15(25)13-18(14)27-22-21(16-7-3-6-10-20(16)31-2)23(29)28(24(22)30)19-9-5-4-8-17(19)26/h3-13,27H,1-2H3. The highest BCUT2D eigenvalue weighted by Crippen LogP contribution is 2.38. The number of benzene rings is 3. The second-order valence-corrected chi connectivity index (χ2v) is 7.37. The van der Waals surface area contributed by atoms with Gasteiger partial charge in [0.1, 0.15) is 17.3 Å². The van der Waals surface area contributed by atoms with Crippen LogP contribution in [0.1, 0.15) is 11.1 Å². The van der Waals surface area contributed by atoms with E-state index in [1.165, 1.54) is 25.3 Å². The van der Waals surface area contributed by atoms with E-state index in [0.717, 1.165) is 10.5 Å². The number of ether oxygens (including phenoxy) is 1. The van der Waals surface area contributed by atoms with Crippen molar-refractivity contribution in [2.45, 2.75) is 6.92 Å². The zero-order valence-electron chi connectivity index (χ0n) is 16.8. The van der Waals surface area contributed by atoms with E-state index in [1.54, 1.807) is 48.5 Å². The van der Waals surface area contributed by atoms with E-state index in [0.29, 0.717) is 22.0 Å². The maximum Gasteiger partial charge on any atom is 0.282 e. The minimum Gasteiger partial charge on any atom is -0.496 e. The van der Waals surface area contributed by atoms with Gasteiger partial charge in [-0.15, -0.1) is 0 Å². The molecule has 1 heterocycles. The highest BCUT2D eigenvalue weighted by molar-refractivity contribution is 6.46. The number of methoxy groups -OCH3 is 1. The monoisotopic (exact) mass is 436 g/mol. The Balaban J connectivity index is 1.91. The Morgan fingerprint density at radius 2 is 1.68 bits per heavy atom. The van der Waals surface area contributed by atoms with Crippen molar-refractivity contribution in [3.63, 3.8) is 0 Å². The maximum atomic E-state index is 14.5. The summed E-state index contributed by atoms with van der Waals surface area (Å²) in [6.07, 6.45) is 0. The van der Waals surface area contributed by atoms with Gasteiger partial charge in [-0.2, -0.15) is 0 Å². The molecule has 7 heteroatoms. The van der Waals surface area contributed by atoms with E-state index in [4.69, 9.17) is 16.3 Å². The molecule has 4 rings (SSSR count). The third kappa shape index (κ3) is 3.66. The van der Waals surface area contributed by atoms with Crippen molar-refractivity contribution in [1.82, 2.24) is 0 Å². The van der Waals surface area contributed by atoms with Gasteiger partial charge in [-0.05, 0) is 42.8 Å². The first-order chi connectivity index (χ1) is 14.9. The molecule has 5 nitrogen and oxygen atoms in total. The predicted molar refractivity (Wildman–Crippen MR) is 119 cm³/mol. The smallest absolute Gasteiger partial charge is 0.282 e. The molecule has 0 aromatic heterocycles. The number of para-hydroxylation sites is 2. The van der Waals surface area contributed by atoms with E-state index >= 15 is 0 Å². The van der Waals surface area contributed by atoms with Crippen LogP contribution in [0.25, 0.3) is 5.57 Å². The molecular formula is C24H18ClFN2O3. The van der Waals surface area contributed by atoms with Crippen LogP contribution in [-0.2, 0) is 9.59 Å². The van der Waals surface area contributed by atoms with E-state index < -0.39 is 17.6 Å². The highest BCUT2D eigenvalue weighted by atomic mass is 35.5. The largest absolute Gasteiger partial charge is 0.496 e. The lowest BCUT2D eigenvalue weighted by atomic mass is 10.0. The summed E-state index contributed by atoms with van der Waals surface area (Å²) in [5.41, 5.74) is 1.79. The fourth-order valence-corrected chi connectivity index (χ4v) is 3.63. The van der Waals surface area contributed by atoms with Crippen molar-refractivity contribution in [1.29, 1.82) is 0 Å². The Morgan fingerprint density at radius 1 is 0.968 bits per heavy atom. The van der Waals surface area contributed by atoms with Crippen LogP contribution in [0.3, 0.4) is 0 Å². The molecule has 0 bridgehead atoms. The Morgan fingerprint density at radius 3 is 2.42 bits per heavy atom. The van der Waals surface area contributed by atoms with Gasteiger partial charge in [0.2, 0.25) is 0 Å². The number of aryl methyl sites for hydroxylation is 1. The minimum atomic E-state index is -0.677. The SMILES string of the molecule is COc1ccccc1C1=C(Nc2cc(Cl)ccc2C)C(=O)N(c2ccccc2F)C1=O. The number of anilines is 2. The Bertz CT molecular complexity index is 1240. The number of hydrogen-bond acceptors (Lipinski definition) is 4. The van der Waals surface area contributed by atoms with Crippen molar-refractivity contribution in [2.24, 2.45) is 0 Å². The zero-order chi connectivity index (χ0) is 22.1. The molecule has 31 heavy (non-hydrogen) atoms. The Labute approximate surface area is 183 Å². The van der Waals surface area contributed by atoms with Gasteiger partial charge < -0.3 is 10.1 Å². The van der Waals surface area contributed by atoms with Crippen molar-refractivity contribution >= 4 is 40.4 Å². The molecule has 1 aliphatic rings. The average molecular weight is 437 g/mol. The topological polar surface area (TPSA) is 58.6 Å². The predicted octanol–water partition coefficient (Wildman–Crippen LogP) is 5.19. The summed E-state index contributed by atoms with van der Waals surface area (Å²) in [6, 6.07) is 17.7. The highest BCUT2D eigenvalue weighted by Gasteiger charge is 2.42.